The Morgan fingerprint density at radius 2 is 2.03 bits per heavy atom. The van der Waals surface area contributed by atoms with Crippen LogP contribution in [0.1, 0.15) is 36.6 Å². The molecule has 0 aliphatic carbocycles. The van der Waals surface area contributed by atoms with Crippen molar-refractivity contribution in [2.45, 2.75) is 44.6 Å². The largest absolute Gasteiger partial charge is 0.435 e. The molecule has 2 atom stereocenters. The predicted molar refractivity (Wildman–Crippen MR) is 94.8 cm³/mol. The summed E-state index contributed by atoms with van der Waals surface area (Å²) < 4.78 is 67.2. The number of aromatic amines is 1. The number of hydrogen-bond donors (Lipinski definition) is 2. The Labute approximate surface area is 163 Å². The normalized spacial score (nSPS) is 17.9. The number of nitrogens with one attached hydrogen (secondary N) is 2. The molecule has 0 bridgehead atoms. The lowest BCUT2D eigenvalue weighted by atomic mass is 10.1. The van der Waals surface area contributed by atoms with E-state index < -0.39 is 23.5 Å². The summed E-state index contributed by atoms with van der Waals surface area (Å²) >= 11 is 0. The molecule has 2 unspecified atom stereocenters. The molecule has 1 aliphatic rings. The zero-order valence-corrected chi connectivity index (χ0v) is 15.4. The Morgan fingerprint density at radius 1 is 1.24 bits per heavy atom. The second-order valence-corrected chi connectivity index (χ2v) is 7.15. The molecule has 2 N–H and O–H groups in total. The first-order valence-corrected chi connectivity index (χ1v) is 9.10. The first-order valence-electron chi connectivity index (χ1n) is 9.10. The Bertz CT molecular complexity index is 1020. The van der Waals surface area contributed by atoms with E-state index in [0.29, 0.717) is 24.4 Å². The number of hydrogen-bond acceptors (Lipinski definition) is 3. The number of aryl methyl sites for hydroxylation is 1. The molecule has 0 spiro atoms. The van der Waals surface area contributed by atoms with Gasteiger partial charge in [-0.05, 0) is 31.5 Å². The van der Waals surface area contributed by atoms with Crippen molar-refractivity contribution in [3.05, 3.63) is 59.3 Å². The fraction of sp³-hybridized carbons (Fsp3) is 0.368. The van der Waals surface area contributed by atoms with Gasteiger partial charge in [0, 0.05) is 42.9 Å². The molecular formula is C19H18F5N5. The third-order valence-corrected chi connectivity index (χ3v) is 5.04. The first-order chi connectivity index (χ1) is 13.7. The molecule has 29 heavy (non-hydrogen) atoms. The van der Waals surface area contributed by atoms with Crippen LogP contribution in [0.3, 0.4) is 0 Å². The third kappa shape index (κ3) is 4.02. The number of rotatable bonds is 4. The van der Waals surface area contributed by atoms with Crippen LogP contribution in [0.4, 0.5) is 22.0 Å². The van der Waals surface area contributed by atoms with Crippen molar-refractivity contribution in [1.29, 1.82) is 0 Å². The molecule has 0 fully saturated rings. The molecule has 3 aromatic rings. The number of alkyl halides is 3. The molecule has 1 aliphatic heterocycles. The van der Waals surface area contributed by atoms with Crippen LogP contribution in [-0.4, -0.2) is 25.8 Å². The zero-order chi connectivity index (χ0) is 20.8. The van der Waals surface area contributed by atoms with Crippen LogP contribution in [0, 0.1) is 11.6 Å². The smallest absolute Gasteiger partial charge is 0.333 e. The number of H-pyrrole nitrogens is 1. The van der Waals surface area contributed by atoms with Crippen molar-refractivity contribution in [3.63, 3.8) is 0 Å². The lowest BCUT2D eigenvalue weighted by Crippen LogP contribution is -2.38. The highest BCUT2D eigenvalue weighted by atomic mass is 19.4. The zero-order valence-electron chi connectivity index (χ0n) is 15.4. The molecule has 0 saturated heterocycles. The van der Waals surface area contributed by atoms with E-state index in [0.717, 1.165) is 24.4 Å². The second kappa shape index (κ2) is 7.25. The highest BCUT2D eigenvalue weighted by Gasteiger charge is 2.34. The quantitative estimate of drug-likeness (QED) is 0.632. The van der Waals surface area contributed by atoms with Gasteiger partial charge in [0.25, 0.3) is 0 Å². The lowest BCUT2D eigenvalue weighted by molar-refractivity contribution is -0.141. The van der Waals surface area contributed by atoms with Gasteiger partial charge in [-0.1, -0.05) is 0 Å². The minimum atomic E-state index is -4.49. The van der Waals surface area contributed by atoms with Crippen molar-refractivity contribution in [3.8, 4) is 11.3 Å². The number of fused-ring (bicyclic) bond motifs is 1. The van der Waals surface area contributed by atoms with Gasteiger partial charge in [-0.25, -0.2) is 13.8 Å². The van der Waals surface area contributed by atoms with Crippen LogP contribution in [0.2, 0.25) is 0 Å². The van der Waals surface area contributed by atoms with Crippen molar-refractivity contribution in [2.24, 2.45) is 0 Å². The number of imidazole rings is 1. The summed E-state index contributed by atoms with van der Waals surface area (Å²) in [5.41, 5.74) is 0.0494. The lowest BCUT2D eigenvalue weighted by Gasteiger charge is -2.27. The average molecular weight is 411 g/mol. The molecule has 154 valence electrons. The minimum Gasteiger partial charge on any atom is -0.333 e. The van der Waals surface area contributed by atoms with Crippen molar-refractivity contribution in [1.82, 2.24) is 25.1 Å². The monoisotopic (exact) mass is 411 g/mol. The van der Waals surface area contributed by atoms with Crippen LogP contribution in [-0.2, 0) is 19.1 Å². The number of halogens is 5. The molecule has 5 nitrogen and oxygen atoms in total. The fourth-order valence-electron chi connectivity index (χ4n) is 3.55. The van der Waals surface area contributed by atoms with Gasteiger partial charge >= 0.3 is 6.18 Å². The van der Waals surface area contributed by atoms with E-state index >= 15 is 0 Å². The summed E-state index contributed by atoms with van der Waals surface area (Å²) in [6.45, 7) is 2.30. The molecule has 4 rings (SSSR count). The van der Waals surface area contributed by atoms with Crippen LogP contribution < -0.4 is 5.32 Å². The average Bonchev–Trinajstić information content (AvgIpc) is 3.28. The van der Waals surface area contributed by atoms with Gasteiger partial charge in [0.1, 0.15) is 17.5 Å². The van der Waals surface area contributed by atoms with Gasteiger partial charge in [-0.3, -0.25) is 5.10 Å². The van der Waals surface area contributed by atoms with Crippen molar-refractivity contribution in [2.75, 3.05) is 0 Å². The summed E-state index contributed by atoms with van der Waals surface area (Å²) in [4.78, 5) is 4.45. The minimum absolute atomic E-state index is 0.00440. The standard InChI is InChI=1S/C19H18F5N5/c1-10(15-7-17(28-27-15)19(22,23)24)25-12-3-5-18-26-16(9-29(18)8-12)13-4-2-11(20)6-14(13)21/h2,4,6-7,9-10,12,25H,3,5,8H2,1H3,(H,27,28). The Morgan fingerprint density at radius 3 is 2.72 bits per heavy atom. The fourth-order valence-corrected chi connectivity index (χ4v) is 3.55. The van der Waals surface area contributed by atoms with E-state index in [1.54, 1.807) is 13.1 Å². The maximum absolute atomic E-state index is 14.0. The van der Waals surface area contributed by atoms with Gasteiger partial charge in [0.05, 0.1) is 11.4 Å². The molecule has 0 saturated carbocycles. The van der Waals surface area contributed by atoms with Gasteiger partial charge in [-0.15, -0.1) is 0 Å². The van der Waals surface area contributed by atoms with Crippen LogP contribution in [0.5, 0.6) is 0 Å². The Balaban J connectivity index is 1.46. The van der Waals surface area contributed by atoms with E-state index in [2.05, 4.69) is 20.5 Å². The molecule has 1 aromatic carbocycles. The number of nitrogens with zero attached hydrogens (tertiary/aromatic N) is 3. The van der Waals surface area contributed by atoms with Gasteiger partial charge in [0.2, 0.25) is 0 Å². The number of benzene rings is 1. The maximum atomic E-state index is 14.0. The summed E-state index contributed by atoms with van der Waals surface area (Å²) in [7, 11) is 0. The van der Waals surface area contributed by atoms with E-state index in [-0.39, 0.29) is 17.6 Å². The summed E-state index contributed by atoms with van der Waals surface area (Å²) in [6, 6.07) is 3.99. The molecule has 0 amide bonds. The Hall–Kier alpha value is -2.75. The van der Waals surface area contributed by atoms with E-state index in [4.69, 9.17) is 0 Å². The Kier molecular flexibility index (Phi) is 4.89. The van der Waals surface area contributed by atoms with Gasteiger partial charge in [0.15, 0.2) is 5.69 Å². The van der Waals surface area contributed by atoms with Gasteiger partial charge < -0.3 is 9.88 Å². The highest BCUT2D eigenvalue weighted by Crippen LogP contribution is 2.30. The van der Waals surface area contributed by atoms with Crippen molar-refractivity contribution < 1.29 is 22.0 Å². The SMILES string of the molecule is CC(NC1CCc2nc(-c3ccc(F)cc3F)cn2C1)c1cc(C(F)(F)F)n[nH]1. The van der Waals surface area contributed by atoms with E-state index in [1.165, 1.54) is 12.1 Å². The molecule has 0 radical (unpaired) electrons. The highest BCUT2D eigenvalue weighted by molar-refractivity contribution is 5.59. The van der Waals surface area contributed by atoms with Crippen LogP contribution in [0.25, 0.3) is 11.3 Å². The number of aromatic nitrogens is 4. The topological polar surface area (TPSA) is 58.5 Å². The molecule has 3 heterocycles. The molecular weight excluding hydrogens is 393 g/mol. The maximum Gasteiger partial charge on any atom is 0.435 e. The second-order valence-electron chi connectivity index (χ2n) is 7.15. The summed E-state index contributed by atoms with van der Waals surface area (Å²) in [6.07, 6.45) is -1.42. The van der Waals surface area contributed by atoms with Crippen LogP contribution >= 0.6 is 0 Å². The third-order valence-electron chi connectivity index (χ3n) is 5.04. The van der Waals surface area contributed by atoms with Gasteiger partial charge in [-0.2, -0.15) is 18.3 Å². The van der Waals surface area contributed by atoms with Crippen molar-refractivity contribution >= 4 is 0 Å². The van der Waals surface area contributed by atoms with Crippen LogP contribution in [0.15, 0.2) is 30.5 Å². The molecule has 2 aromatic heterocycles. The molecule has 10 heteroatoms. The van der Waals surface area contributed by atoms with E-state index in [1.807, 2.05) is 4.57 Å². The first kappa shape index (κ1) is 19.6. The predicted octanol–water partition coefficient (Wildman–Crippen LogP) is 4.24. The van der Waals surface area contributed by atoms with E-state index in [9.17, 15) is 22.0 Å². The summed E-state index contributed by atoms with van der Waals surface area (Å²) in [5, 5.41) is 9.05. The summed E-state index contributed by atoms with van der Waals surface area (Å²) in [5.74, 6) is -0.542.